The minimum atomic E-state index is 0.722. The van der Waals surface area contributed by atoms with Crippen LogP contribution in [0.2, 0.25) is 0 Å². The van der Waals surface area contributed by atoms with Crippen LogP contribution in [0.5, 0.6) is 0 Å². The molecule has 0 unspecified atom stereocenters. The molecule has 1 heterocycles. The molecule has 1 aromatic rings. The van der Waals surface area contributed by atoms with E-state index in [1.165, 1.54) is 6.08 Å². The van der Waals surface area contributed by atoms with E-state index in [0.717, 1.165) is 6.29 Å². The van der Waals surface area contributed by atoms with Gasteiger partial charge in [-0.1, -0.05) is 0 Å². The lowest BCUT2D eigenvalue weighted by Crippen LogP contribution is -1.77. The van der Waals surface area contributed by atoms with Gasteiger partial charge in [0.25, 0.3) is 0 Å². The Morgan fingerprint density at radius 1 is 1.56 bits per heavy atom. The molecule has 9 heavy (non-hydrogen) atoms. The van der Waals surface area contributed by atoms with Crippen LogP contribution in [0.1, 0.15) is 0 Å². The molecule has 0 amide bonds. The molecule has 3 nitrogen and oxygen atoms in total. The van der Waals surface area contributed by atoms with E-state index in [9.17, 15) is 4.79 Å². The fourth-order valence-electron chi connectivity index (χ4n) is 0.492. The first-order valence-corrected chi connectivity index (χ1v) is 2.53. The highest BCUT2D eigenvalue weighted by Crippen LogP contribution is 1.84. The van der Waals surface area contributed by atoms with Gasteiger partial charge in [0.1, 0.15) is 6.29 Å². The normalized spacial score (nSPS) is 10.2. The van der Waals surface area contributed by atoms with Crippen molar-refractivity contribution in [3.63, 3.8) is 0 Å². The number of imidazole rings is 1. The summed E-state index contributed by atoms with van der Waals surface area (Å²) in [6, 6.07) is 0. The Balaban J connectivity index is 2.67. The van der Waals surface area contributed by atoms with Crippen LogP contribution in [-0.4, -0.2) is 15.8 Å². The van der Waals surface area contributed by atoms with Crippen LogP contribution in [0.25, 0.3) is 6.20 Å². The number of aromatic nitrogens is 2. The lowest BCUT2D eigenvalue weighted by molar-refractivity contribution is -0.104. The van der Waals surface area contributed by atoms with Crippen LogP contribution in [0.3, 0.4) is 0 Å². The van der Waals surface area contributed by atoms with Gasteiger partial charge in [-0.05, 0) is 6.08 Å². The molecule has 0 N–H and O–H groups in total. The zero-order chi connectivity index (χ0) is 6.53. The Kier molecular flexibility index (Phi) is 1.80. The fourth-order valence-corrected chi connectivity index (χ4v) is 0.492. The van der Waals surface area contributed by atoms with Crippen molar-refractivity contribution in [2.24, 2.45) is 0 Å². The molecule has 46 valence electrons. The SMILES string of the molecule is O=C/C=C/n1ccnc1. The molecule has 0 aliphatic rings. The minimum absolute atomic E-state index is 0.722. The van der Waals surface area contributed by atoms with E-state index in [1.54, 1.807) is 29.5 Å². The van der Waals surface area contributed by atoms with Gasteiger partial charge < -0.3 is 4.57 Å². The smallest absolute Gasteiger partial charge is 0.144 e. The molecule has 0 spiro atoms. The number of nitrogens with zero attached hydrogens (tertiary/aromatic N) is 2. The molecule has 0 saturated carbocycles. The third-order valence-corrected chi connectivity index (χ3v) is 0.862. The quantitative estimate of drug-likeness (QED) is 0.424. The van der Waals surface area contributed by atoms with E-state index < -0.39 is 0 Å². The van der Waals surface area contributed by atoms with Crippen LogP contribution in [0.15, 0.2) is 24.8 Å². The van der Waals surface area contributed by atoms with Gasteiger partial charge in [0, 0.05) is 18.6 Å². The number of rotatable bonds is 2. The second-order valence-corrected chi connectivity index (χ2v) is 1.49. The molecule has 0 aromatic carbocycles. The first kappa shape index (κ1) is 5.75. The maximum absolute atomic E-state index is 9.78. The van der Waals surface area contributed by atoms with Gasteiger partial charge in [-0.3, -0.25) is 4.79 Å². The molecule has 1 rings (SSSR count). The second-order valence-electron chi connectivity index (χ2n) is 1.49. The average Bonchev–Trinajstić information content (AvgIpc) is 2.34. The number of aldehydes is 1. The van der Waals surface area contributed by atoms with E-state index >= 15 is 0 Å². The van der Waals surface area contributed by atoms with Crippen molar-refractivity contribution < 1.29 is 4.79 Å². The highest BCUT2D eigenvalue weighted by Gasteiger charge is 1.76. The van der Waals surface area contributed by atoms with Gasteiger partial charge in [-0.25, -0.2) is 4.98 Å². The third kappa shape index (κ3) is 1.53. The van der Waals surface area contributed by atoms with E-state index in [2.05, 4.69) is 4.98 Å². The van der Waals surface area contributed by atoms with E-state index in [1.807, 2.05) is 0 Å². The van der Waals surface area contributed by atoms with Crippen molar-refractivity contribution in [2.45, 2.75) is 0 Å². The molecule has 0 atom stereocenters. The van der Waals surface area contributed by atoms with E-state index in [-0.39, 0.29) is 0 Å². The molecule has 0 radical (unpaired) electrons. The Morgan fingerprint density at radius 3 is 3.00 bits per heavy atom. The van der Waals surface area contributed by atoms with Crippen LogP contribution >= 0.6 is 0 Å². The van der Waals surface area contributed by atoms with Crippen LogP contribution in [0.4, 0.5) is 0 Å². The van der Waals surface area contributed by atoms with Gasteiger partial charge in [0.2, 0.25) is 0 Å². The Morgan fingerprint density at radius 2 is 2.44 bits per heavy atom. The predicted molar refractivity (Wildman–Crippen MR) is 33.6 cm³/mol. The van der Waals surface area contributed by atoms with E-state index in [0.29, 0.717) is 0 Å². The molecule has 0 saturated heterocycles. The van der Waals surface area contributed by atoms with Crippen molar-refractivity contribution in [3.8, 4) is 0 Å². The highest BCUT2D eigenvalue weighted by molar-refractivity contribution is 5.69. The number of allylic oxidation sites excluding steroid dienone is 1. The molecule has 3 heteroatoms. The number of carbonyl (C=O) groups excluding carboxylic acids is 1. The Bertz CT molecular complexity index is 201. The lowest BCUT2D eigenvalue weighted by Gasteiger charge is -1.83. The monoisotopic (exact) mass is 122 g/mol. The van der Waals surface area contributed by atoms with Gasteiger partial charge in [-0.15, -0.1) is 0 Å². The second kappa shape index (κ2) is 2.81. The number of carbonyl (C=O) groups is 1. The maximum atomic E-state index is 9.78. The van der Waals surface area contributed by atoms with Gasteiger partial charge in [-0.2, -0.15) is 0 Å². The summed E-state index contributed by atoms with van der Waals surface area (Å²) in [7, 11) is 0. The topological polar surface area (TPSA) is 34.9 Å². The van der Waals surface area contributed by atoms with Crippen LogP contribution in [0, 0.1) is 0 Å². The summed E-state index contributed by atoms with van der Waals surface area (Å²) in [5, 5.41) is 0. The van der Waals surface area contributed by atoms with Gasteiger partial charge in [0.05, 0.1) is 6.33 Å². The summed E-state index contributed by atoms with van der Waals surface area (Å²) in [5.41, 5.74) is 0. The standard InChI is InChI=1S/C6H6N2O/c9-5-1-3-8-4-2-7-6-8/h1-6H/b3-1+. The summed E-state index contributed by atoms with van der Waals surface area (Å²) in [6.07, 6.45) is 8.76. The number of hydrogen-bond acceptors (Lipinski definition) is 2. The number of hydrogen-bond donors (Lipinski definition) is 0. The van der Waals surface area contributed by atoms with Crippen LogP contribution < -0.4 is 0 Å². The maximum Gasteiger partial charge on any atom is 0.144 e. The zero-order valence-corrected chi connectivity index (χ0v) is 4.77. The molecule has 0 aliphatic carbocycles. The molecular weight excluding hydrogens is 116 g/mol. The van der Waals surface area contributed by atoms with Crippen molar-refractivity contribution in [1.29, 1.82) is 0 Å². The minimum Gasteiger partial charge on any atom is -0.313 e. The first-order valence-electron chi connectivity index (χ1n) is 2.53. The summed E-state index contributed by atoms with van der Waals surface area (Å²) in [6.45, 7) is 0. The summed E-state index contributed by atoms with van der Waals surface area (Å²) < 4.78 is 1.69. The van der Waals surface area contributed by atoms with Crippen molar-refractivity contribution in [2.75, 3.05) is 0 Å². The predicted octanol–water partition coefficient (Wildman–Crippen LogP) is 0.553. The molecule has 0 aliphatic heterocycles. The van der Waals surface area contributed by atoms with Crippen LogP contribution in [-0.2, 0) is 4.79 Å². The Labute approximate surface area is 52.6 Å². The van der Waals surface area contributed by atoms with Crippen molar-refractivity contribution in [1.82, 2.24) is 9.55 Å². The zero-order valence-electron chi connectivity index (χ0n) is 4.77. The summed E-state index contributed by atoms with van der Waals surface area (Å²) >= 11 is 0. The molecule has 1 aromatic heterocycles. The highest BCUT2D eigenvalue weighted by atomic mass is 16.1. The largest absolute Gasteiger partial charge is 0.313 e. The first-order chi connectivity index (χ1) is 4.43. The Hall–Kier alpha value is -1.38. The van der Waals surface area contributed by atoms with E-state index in [4.69, 9.17) is 0 Å². The summed E-state index contributed by atoms with van der Waals surface area (Å²) in [5.74, 6) is 0. The molecule has 0 bridgehead atoms. The molecular formula is C6H6N2O. The van der Waals surface area contributed by atoms with Crippen molar-refractivity contribution >= 4 is 12.5 Å². The fraction of sp³-hybridized carbons (Fsp3) is 0. The van der Waals surface area contributed by atoms with Crippen molar-refractivity contribution in [3.05, 3.63) is 24.8 Å². The summed E-state index contributed by atoms with van der Waals surface area (Å²) in [4.78, 5) is 13.6. The van der Waals surface area contributed by atoms with Gasteiger partial charge >= 0.3 is 0 Å². The lowest BCUT2D eigenvalue weighted by atomic mass is 10.7. The van der Waals surface area contributed by atoms with Gasteiger partial charge in [0.15, 0.2) is 0 Å². The average molecular weight is 122 g/mol. The third-order valence-electron chi connectivity index (χ3n) is 0.862. The molecule has 0 fully saturated rings.